The van der Waals surface area contributed by atoms with Crippen LogP contribution in [0.2, 0.25) is 0 Å². The third-order valence-corrected chi connectivity index (χ3v) is 1.90. The van der Waals surface area contributed by atoms with Gasteiger partial charge in [0.15, 0.2) is 5.84 Å². The van der Waals surface area contributed by atoms with Crippen molar-refractivity contribution >= 4 is 5.84 Å². The van der Waals surface area contributed by atoms with Gasteiger partial charge in [0, 0.05) is 6.42 Å². The lowest BCUT2D eigenvalue weighted by Gasteiger charge is -2.19. The normalized spacial score (nSPS) is 13.5. The highest BCUT2D eigenvalue weighted by atomic mass is 19.4. The summed E-state index contributed by atoms with van der Waals surface area (Å²) in [6, 6.07) is 0. The predicted molar refractivity (Wildman–Crippen MR) is 50.8 cm³/mol. The summed E-state index contributed by atoms with van der Waals surface area (Å²) in [5.41, 5.74) is 5.24. The number of rotatable bonds is 6. The van der Waals surface area contributed by atoms with Crippen LogP contribution in [0.4, 0.5) is 13.2 Å². The first-order chi connectivity index (χ1) is 6.89. The number of hydrogen-bond donors (Lipinski definition) is 2. The highest BCUT2D eigenvalue weighted by Crippen LogP contribution is 2.21. The van der Waals surface area contributed by atoms with Gasteiger partial charge in [-0.25, -0.2) is 0 Å². The number of alkyl halides is 3. The van der Waals surface area contributed by atoms with E-state index in [9.17, 15) is 13.2 Å². The van der Waals surface area contributed by atoms with Gasteiger partial charge in [-0.05, 0) is 19.5 Å². The summed E-state index contributed by atoms with van der Waals surface area (Å²) in [7, 11) is 0. The van der Waals surface area contributed by atoms with Crippen molar-refractivity contribution in [3.8, 4) is 0 Å². The van der Waals surface area contributed by atoms with Crippen molar-refractivity contribution in [3.05, 3.63) is 0 Å². The second kappa shape index (κ2) is 6.49. The summed E-state index contributed by atoms with van der Waals surface area (Å²) in [5.74, 6) is 0.00357. The van der Waals surface area contributed by atoms with Crippen LogP contribution < -0.4 is 5.73 Å². The van der Waals surface area contributed by atoms with Gasteiger partial charge in [0.1, 0.15) is 0 Å². The van der Waals surface area contributed by atoms with Gasteiger partial charge in [0.2, 0.25) is 0 Å². The number of hydrogen-bond acceptors (Lipinski definition) is 3. The highest BCUT2D eigenvalue weighted by molar-refractivity contribution is 5.81. The number of likely N-dealkylation sites (N-methyl/N-ethyl adjacent to an activating group) is 1. The molecule has 3 N–H and O–H groups in total. The molecule has 0 radical (unpaired) electrons. The fraction of sp³-hybridized carbons (Fsp3) is 0.875. The van der Waals surface area contributed by atoms with Crippen LogP contribution in [0.25, 0.3) is 0 Å². The maximum atomic E-state index is 11.8. The molecule has 0 bridgehead atoms. The molecule has 0 saturated heterocycles. The molecule has 0 rings (SSSR count). The molecule has 0 aliphatic carbocycles. The number of amidine groups is 1. The maximum Gasteiger partial charge on any atom is 0.389 e. The zero-order valence-corrected chi connectivity index (χ0v) is 8.59. The Kier molecular flexibility index (Phi) is 6.07. The summed E-state index contributed by atoms with van der Waals surface area (Å²) in [6.45, 7) is 2.84. The molecule has 0 aliphatic heterocycles. The Hall–Kier alpha value is -0.980. The van der Waals surface area contributed by atoms with E-state index >= 15 is 0 Å². The van der Waals surface area contributed by atoms with Gasteiger partial charge < -0.3 is 10.9 Å². The van der Waals surface area contributed by atoms with Crippen molar-refractivity contribution in [2.45, 2.75) is 25.9 Å². The lowest BCUT2D eigenvalue weighted by atomic mass is 10.3. The summed E-state index contributed by atoms with van der Waals surface area (Å²) < 4.78 is 35.5. The van der Waals surface area contributed by atoms with Crippen LogP contribution in [0, 0.1) is 0 Å². The van der Waals surface area contributed by atoms with Crippen molar-refractivity contribution in [2.24, 2.45) is 10.9 Å². The third-order valence-electron chi connectivity index (χ3n) is 1.90. The lowest BCUT2D eigenvalue weighted by Crippen LogP contribution is -2.34. The summed E-state index contributed by atoms with van der Waals surface area (Å²) in [4.78, 5) is 1.68. The number of nitrogens with two attached hydrogens (primary N) is 1. The van der Waals surface area contributed by atoms with E-state index in [0.29, 0.717) is 6.54 Å². The van der Waals surface area contributed by atoms with Gasteiger partial charge in [-0.1, -0.05) is 12.1 Å². The number of nitrogens with zero attached hydrogens (tertiary/aromatic N) is 2. The van der Waals surface area contributed by atoms with E-state index < -0.39 is 12.6 Å². The number of oxime groups is 1. The standard InChI is InChI=1S/C8H16F3N3O/c1-2-14(6-7(12)13-15)5-3-4-8(9,10)11/h15H,2-6H2,1H3,(H2,12,13). The van der Waals surface area contributed by atoms with Crippen molar-refractivity contribution in [1.82, 2.24) is 4.90 Å². The Morgan fingerprint density at radius 3 is 2.47 bits per heavy atom. The second-order valence-corrected chi connectivity index (χ2v) is 3.18. The molecule has 0 aromatic rings. The minimum atomic E-state index is -4.12. The Bertz CT molecular complexity index is 206. The molecular formula is C8H16F3N3O. The molecule has 0 unspecified atom stereocenters. The van der Waals surface area contributed by atoms with Crippen molar-refractivity contribution in [3.63, 3.8) is 0 Å². The Morgan fingerprint density at radius 1 is 1.47 bits per heavy atom. The van der Waals surface area contributed by atoms with E-state index in [4.69, 9.17) is 10.9 Å². The Morgan fingerprint density at radius 2 is 2.07 bits per heavy atom. The van der Waals surface area contributed by atoms with Crippen LogP contribution >= 0.6 is 0 Å². The van der Waals surface area contributed by atoms with Gasteiger partial charge in [-0.2, -0.15) is 13.2 Å². The largest absolute Gasteiger partial charge is 0.409 e. The monoisotopic (exact) mass is 227 g/mol. The highest BCUT2D eigenvalue weighted by Gasteiger charge is 2.26. The minimum Gasteiger partial charge on any atom is -0.409 e. The zero-order chi connectivity index (χ0) is 11.9. The molecule has 0 spiro atoms. The SMILES string of the molecule is CCN(CCCC(F)(F)F)CC(N)=NO. The molecule has 0 amide bonds. The molecule has 0 saturated carbocycles. The molecule has 15 heavy (non-hydrogen) atoms. The average molecular weight is 227 g/mol. The minimum absolute atomic E-state index is 0.00357. The maximum absolute atomic E-state index is 11.8. The summed E-state index contributed by atoms with van der Waals surface area (Å²) in [6.07, 6.45) is -4.90. The Labute approximate surface area is 86.5 Å². The molecule has 0 aliphatic rings. The van der Waals surface area contributed by atoms with Crippen LogP contribution in [0.5, 0.6) is 0 Å². The molecule has 0 atom stereocenters. The zero-order valence-electron chi connectivity index (χ0n) is 8.59. The molecule has 0 fully saturated rings. The van der Waals surface area contributed by atoms with Crippen molar-refractivity contribution < 1.29 is 18.4 Å². The van der Waals surface area contributed by atoms with Gasteiger partial charge in [-0.3, -0.25) is 4.90 Å². The van der Waals surface area contributed by atoms with E-state index in [1.807, 2.05) is 0 Å². The topological polar surface area (TPSA) is 61.8 Å². The first kappa shape index (κ1) is 14.0. The third kappa shape index (κ3) is 8.04. The van der Waals surface area contributed by atoms with Crippen molar-refractivity contribution in [2.75, 3.05) is 19.6 Å². The fourth-order valence-corrected chi connectivity index (χ4v) is 1.11. The molecule has 0 aromatic heterocycles. The average Bonchev–Trinajstić information content (AvgIpc) is 2.14. The quantitative estimate of drug-likeness (QED) is 0.312. The summed E-state index contributed by atoms with van der Waals surface area (Å²) >= 11 is 0. The van der Waals surface area contributed by atoms with Crippen LogP contribution in [0.3, 0.4) is 0 Å². The van der Waals surface area contributed by atoms with Gasteiger partial charge in [0.05, 0.1) is 6.54 Å². The molecular weight excluding hydrogens is 211 g/mol. The van der Waals surface area contributed by atoms with Crippen molar-refractivity contribution in [1.29, 1.82) is 0 Å². The fourth-order valence-electron chi connectivity index (χ4n) is 1.11. The smallest absolute Gasteiger partial charge is 0.389 e. The number of halogens is 3. The lowest BCUT2D eigenvalue weighted by molar-refractivity contribution is -0.136. The van der Waals surface area contributed by atoms with E-state index in [1.54, 1.807) is 11.8 Å². The van der Waals surface area contributed by atoms with Crippen LogP contribution in [0.15, 0.2) is 5.16 Å². The van der Waals surface area contributed by atoms with Gasteiger partial charge >= 0.3 is 6.18 Å². The van der Waals surface area contributed by atoms with Gasteiger partial charge in [0.25, 0.3) is 0 Å². The molecule has 4 nitrogen and oxygen atoms in total. The first-order valence-corrected chi connectivity index (χ1v) is 4.64. The van der Waals surface area contributed by atoms with Crippen LogP contribution in [0.1, 0.15) is 19.8 Å². The Balaban J connectivity index is 3.81. The van der Waals surface area contributed by atoms with Gasteiger partial charge in [-0.15, -0.1) is 0 Å². The van der Waals surface area contributed by atoms with E-state index in [0.717, 1.165) is 0 Å². The molecule has 0 heterocycles. The molecule has 7 heteroatoms. The second-order valence-electron chi connectivity index (χ2n) is 3.18. The first-order valence-electron chi connectivity index (χ1n) is 4.64. The molecule has 0 aromatic carbocycles. The predicted octanol–water partition coefficient (Wildman–Crippen LogP) is 1.40. The summed E-state index contributed by atoms with van der Waals surface area (Å²) in [5, 5.41) is 11.1. The van der Waals surface area contributed by atoms with Crippen LogP contribution in [-0.2, 0) is 0 Å². The van der Waals surface area contributed by atoms with E-state index in [1.165, 1.54) is 0 Å². The molecule has 90 valence electrons. The van der Waals surface area contributed by atoms with E-state index in [2.05, 4.69) is 5.16 Å². The van der Waals surface area contributed by atoms with Crippen LogP contribution in [-0.4, -0.2) is 41.8 Å². The van der Waals surface area contributed by atoms with E-state index in [-0.39, 0.29) is 25.3 Å².